The van der Waals surface area contributed by atoms with E-state index >= 15 is 0 Å². The first-order chi connectivity index (χ1) is 13.1. The minimum absolute atomic E-state index is 0.116. The molecule has 1 aromatic heterocycles. The van der Waals surface area contributed by atoms with Crippen LogP contribution in [-0.2, 0) is 11.8 Å². The molecule has 5 nitrogen and oxygen atoms in total. The second kappa shape index (κ2) is 6.62. The summed E-state index contributed by atoms with van der Waals surface area (Å²) in [5.74, 6) is 2.64. The van der Waals surface area contributed by atoms with Crippen LogP contribution in [0.1, 0.15) is 56.8 Å². The Kier molecular flexibility index (Phi) is 4.23. The summed E-state index contributed by atoms with van der Waals surface area (Å²) in [7, 11) is 2.08. The number of aromatic nitrogens is 2. The molecule has 0 spiro atoms. The molecular weight excluding hydrogens is 336 g/mol. The second-order valence-electron chi connectivity index (χ2n) is 8.90. The molecule has 2 N–H and O–H groups in total. The molecule has 2 saturated carbocycles. The van der Waals surface area contributed by atoms with E-state index in [1.807, 2.05) is 6.07 Å². The number of carbonyl (C=O) groups excluding carboxylic acids is 1. The molecule has 5 rings (SSSR count). The van der Waals surface area contributed by atoms with Crippen molar-refractivity contribution in [3.05, 3.63) is 30.1 Å². The number of benzene rings is 1. The maximum Gasteiger partial charge on any atom is 0.226 e. The van der Waals surface area contributed by atoms with Gasteiger partial charge in [-0.15, -0.1) is 0 Å². The van der Waals surface area contributed by atoms with E-state index in [2.05, 4.69) is 34.7 Å². The van der Waals surface area contributed by atoms with Crippen LogP contribution in [0.15, 0.2) is 24.3 Å². The topological polar surface area (TPSA) is 64.2 Å². The zero-order valence-electron chi connectivity index (χ0n) is 16.2. The van der Waals surface area contributed by atoms with Gasteiger partial charge in [0.25, 0.3) is 0 Å². The smallest absolute Gasteiger partial charge is 0.226 e. The summed E-state index contributed by atoms with van der Waals surface area (Å²) in [5.41, 5.74) is 8.61. The molecule has 3 aliphatic rings. The molecule has 3 atom stereocenters. The summed E-state index contributed by atoms with van der Waals surface area (Å²) in [6, 6.07) is 8.68. The van der Waals surface area contributed by atoms with Crippen LogP contribution >= 0.6 is 0 Å². The molecule has 1 aromatic carbocycles. The standard InChI is InChI=1S/C22H30N4O/c1-25-18-9-3-2-8-17(18)24-21(25)19-10-5-11-26(19)22(27)16-12-14-6-4-7-15(13-16)20(14)23/h2-3,8-9,14-16,19-20H,4-7,10-13,23H2,1H3. The molecule has 1 aliphatic heterocycles. The Bertz CT molecular complexity index is 845. The zero-order valence-corrected chi connectivity index (χ0v) is 16.2. The Hall–Kier alpha value is -1.88. The van der Waals surface area contributed by atoms with Gasteiger partial charge in [0.15, 0.2) is 0 Å². The van der Waals surface area contributed by atoms with Crippen LogP contribution in [0.25, 0.3) is 11.0 Å². The van der Waals surface area contributed by atoms with Crippen LogP contribution in [0.3, 0.4) is 0 Å². The van der Waals surface area contributed by atoms with Gasteiger partial charge in [0.05, 0.1) is 17.1 Å². The van der Waals surface area contributed by atoms with Gasteiger partial charge < -0.3 is 15.2 Å². The lowest BCUT2D eigenvalue weighted by Gasteiger charge is -2.44. The second-order valence-corrected chi connectivity index (χ2v) is 8.90. The maximum atomic E-state index is 13.5. The fourth-order valence-electron chi connectivity index (χ4n) is 5.99. The molecule has 1 saturated heterocycles. The fraction of sp³-hybridized carbons (Fsp3) is 0.636. The number of hydrogen-bond donors (Lipinski definition) is 1. The van der Waals surface area contributed by atoms with Crippen LogP contribution in [0, 0.1) is 17.8 Å². The van der Waals surface area contributed by atoms with E-state index in [-0.39, 0.29) is 12.0 Å². The SMILES string of the molecule is Cn1c(C2CCCN2C(=O)C2CC3CCCC(C2)C3N)nc2ccccc21. The number of aryl methyl sites for hydroxylation is 1. The Morgan fingerprint density at radius 2 is 1.85 bits per heavy atom. The molecule has 0 radical (unpaired) electrons. The normalized spacial score (nSPS) is 33.6. The third-order valence-electron chi connectivity index (χ3n) is 7.42. The van der Waals surface area contributed by atoms with E-state index in [4.69, 9.17) is 10.7 Å². The first-order valence-corrected chi connectivity index (χ1v) is 10.6. The molecular formula is C22H30N4O. The number of carbonyl (C=O) groups is 1. The predicted octanol–water partition coefficient (Wildman–Crippen LogP) is 3.39. The number of amides is 1. The highest BCUT2D eigenvalue weighted by molar-refractivity contribution is 5.80. The van der Waals surface area contributed by atoms with Crippen LogP contribution in [0.2, 0.25) is 0 Å². The van der Waals surface area contributed by atoms with Crippen molar-refractivity contribution in [2.45, 2.75) is 57.0 Å². The molecule has 2 bridgehead atoms. The summed E-state index contributed by atoms with van der Waals surface area (Å²) >= 11 is 0. The summed E-state index contributed by atoms with van der Waals surface area (Å²) < 4.78 is 2.18. The summed E-state index contributed by atoms with van der Waals surface area (Å²) in [6.45, 7) is 0.866. The quantitative estimate of drug-likeness (QED) is 0.886. The van der Waals surface area contributed by atoms with Gasteiger partial charge in [-0.2, -0.15) is 0 Å². The lowest BCUT2D eigenvalue weighted by molar-refractivity contribution is -0.139. The van der Waals surface area contributed by atoms with Gasteiger partial charge in [0, 0.05) is 25.6 Å². The number of rotatable bonds is 2. The number of imidazole rings is 1. The summed E-state index contributed by atoms with van der Waals surface area (Å²) in [5, 5.41) is 0. The average molecular weight is 367 g/mol. The first-order valence-electron chi connectivity index (χ1n) is 10.6. The number of nitrogens with zero attached hydrogens (tertiary/aromatic N) is 3. The van der Waals surface area contributed by atoms with E-state index in [0.29, 0.717) is 23.8 Å². The highest BCUT2D eigenvalue weighted by Gasteiger charge is 2.44. The predicted molar refractivity (Wildman–Crippen MR) is 106 cm³/mol. The Balaban J connectivity index is 1.41. The lowest BCUT2D eigenvalue weighted by atomic mass is 9.65. The monoisotopic (exact) mass is 366 g/mol. The van der Waals surface area contributed by atoms with Crippen molar-refractivity contribution in [1.82, 2.24) is 14.5 Å². The molecule has 3 fully saturated rings. The van der Waals surface area contributed by atoms with E-state index in [9.17, 15) is 4.79 Å². The highest BCUT2D eigenvalue weighted by atomic mass is 16.2. The molecule has 2 aliphatic carbocycles. The lowest BCUT2D eigenvalue weighted by Crippen LogP contribution is -2.49. The van der Waals surface area contributed by atoms with Gasteiger partial charge in [-0.1, -0.05) is 18.6 Å². The largest absolute Gasteiger partial charge is 0.332 e. The van der Waals surface area contributed by atoms with Gasteiger partial charge in [-0.05, 0) is 62.5 Å². The molecule has 2 heterocycles. The van der Waals surface area contributed by atoms with E-state index in [0.717, 1.165) is 49.1 Å². The van der Waals surface area contributed by atoms with Gasteiger partial charge >= 0.3 is 0 Å². The Morgan fingerprint density at radius 3 is 2.59 bits per heavy atom. The van der Waals surface area contributed by atoms with Crippen molar-refractivity contribution in [3.63, 3.8) is 0 Å². The molecule has 1 amide bonds. The van der Waals surface area contributed by atoms with Crippen molar-refractivity contribution < 1.29 is 4.79 Å². The van der Waals surface area contributed by atoms with Gasteiger partial charge in [0.2, 0.25) is 5.91 Å². The number of para-hydroxylation sites is 2. The van der Waals surface area contributed by atoms with Crippen LogP contribution in [0.5, 0.6) is 0 Å². The van der Waals surface area contributed by atoms with Gasteiger partial charge in [-0.25, -0.2) is 4.98 Å². The van der Waals surface area contributed by atoms with Gasteiger partial charge in [-0.3, -0.25) is 4.79 Å². The minimum Gasteiger partial charge on any atom is -0.332 e. The summed E-state index contributed by atoms with van der Waals surface area (Å²) in [4.78, 5) is 20.5. The number of nitrogens with two attached hydrogens (primary N) is 1. The van der Waals surface area contributed by atoms with Crippen molar-refractivity contribution >= 4 is 16.9 Å². The van der Waals surface area contributed by atoms with Crippen LogP contribution in [0.4, 0.5) is 0 Å². The van der Waals surface area contributed by atoms with Crippen LogP contribution < -0.4 is 5.73 Å². The average Bonchev–Trinajstić information content (AvgIpc) is 3.26. The van der Waals surface area contributed by atoms with Crippen molar-refractivity contribution in [3.8, 4) is 0 Å². The van der Waals surface area contributed by atoms with E-state index < -0.39 is 0 Å². The van der Waals surface area contributed by atoms with Gasteiger partial charge in [0.1, 0.15) is 5.82 Å². The zero-order chi connectivity index (χ0) is 18.5. The highest BCUT2D eigenvalue weighted by Crippen LogP contribution is 2.44. The van der Waals surface area contributed by atoms with E-state index in [1.54, 1.807) is 0 Å². The Labute approximate surface area is 160 Å². The number of likely N-dealkylation sites (tertiary alicyclic amines) is 1. The Morgan fingerprint density at radius 1 is 1.11 bits per heavy atom. The summed E-state index contributed by atoms with van der Waals surface area (Å²) in [6.07, 6.45) is 7.76. The first kappa shape index (κ1) is 17.2. The fourth-order valence-corrected chi connectivity index (χ4v) is 5.99. The van der Waals surface area contributed by atoms with Crippen molar-refractivity contribution in [2.24, 2.45) is 30.5 Å². The third kappa shape index (κ3) is 2.78. The maximum absolute atomic E-state index is 13.5. The number of hydrogen-bond acceptors (Lipinski definition) is 3. The molecule has 27 heavy (non-hydrogen) atoms. The van der Waals surface area contributed by atoms with Crippen molar-refractivity contribution in [1.29, 1.82) is 0 Å². The molecule has 2 aromatic rings. The molecule has 5 heteroatoms. The number of fused-ring (bicyclic) bond motifs is 3. The minimum atomic E-state index is 0.116. The third-order valence-corrected chi connectivity index (χ3v) is 7.42. The molecule has 3 unspecified atom stereocenters. The van der Waals surface area contributed by atoms with Crippen molar-refractivity contribution in [2.75, 3.05) is 6.54 Å². The molecule has 144 valence electrons. The van der Waals surface area contributed by atoms with Crippen LogP contribution in [-0.4, -0.2) is 32.9 Å². The van der Waals surface area contributed by atoms with E-state index in [1.165, 1.54) is 19.3 Å².